The summed E-state index contributed by atoms with van der Waals surface area (Å²) in [5.41, 5.74) is 1.41. The molecular weight excluding hydrogens is 324 g/mol. The number of nitrogens with one attached hydrogen (secondary N) is 1. The molecule has 1 aliphatic carbocycles. The van der Waals surface area contributed by atoms with E-state index in [0.717, 1.165) is 15.8 Å². The molecule has 0 spiro atoms. The Labute approximate surface area is 124 Å². The van der Waals surface area contributed by atoms with Crippen molar-refractivity contribution in [2.75, 3.05) is 6.61 Å². The van der Waals surface area contributed by atoms with Crippen molar-refractivity contribution in [1.82, 2.24) is 10.2 Å². The molecule has 104 valence electrons. The largest absolute Gasteiger partial charge is 0.493 e. The van der Waals surface area contributed by atoms with E-state index in [0.29, 0.717) is 18.2 Å². The number of carboxylic acids is 1. The third kappa shape index (κ3) is 2.85. The van der Waals surface area contributed by atoms with Gasteiger partial charge in [0, 0.05) is 10.0 Å². The number of H-pyrrole nitrogens is 1. The Bertz CT molecular complexity index is 650. The van der Waals surface area contributed by atoms with Crippen molar-refractivity contribution in [3.63, 3.8) is 0 Å². The first-order valence-electron chi connectivity index (χ1n) is 6.35. The zero-order valence-electron chi connectivity index (χ0n) is 10.6. The monoisotopic (exact) mass is 336 g/mol. The van der Waals surface area contributed by atoms with Gasteiger partial charge in [-0.25, -0.2) is 4.79 Å². The van der Waals surface area contributed by atoms with Crippen LogP contribution in [0.2, 0.25) is 0 Å². The number of benzene rings is 1. The fourth-order valence-electron chi connectivity index (χ4n) is 1.89. The minimum absolute atomic E-state index is 0.0631. The number of aromatic carboxylic acids is 1. The van der Waals surface area contributed by atoms with Crippen molar-refractivity contribution in [1.29, 1.82) is 0 Å². The standard InChI is InChI=1S/C14H13BrN2O3/c15-9-3-4-13(20-7-8-1-2-8)10(5-9)11-6-12(14(18)19)17-16-11/h3-6,8H,1-2,7H2,(H,16,17)(H,18,19). The molecule has 0 saturated heterocycles. The second kappa shape index (κ2) is 5.28. The highest BCUT2D eigenvalue weighted by atomic mass is 79.9. The lowest BCUT2D eigenvalue weighted by Gasteiger charge is -2.10. The summed E-state index contributed by atoms with van der Waals surface area (Å²) >= 11 is 3.41. The molecule has 1 heterocycles. The van der Waals surface area contributed by atoms with E-state index in [4.69, 9.17) is 9.84 Å². The van der Waals surface area contributed by atoms with Crippen LogP contribution in [0.4, 0.5) is 0 Å². The Kier molecular flexibility index (Phi) is 3.48. The predicted octanol–water partition coefficient (Wildman–Crippen LogP) is 3.33. The first-order valence-corrected chi connectivity index (χ1v) is 7.14. The number of ether oxygens (including phenoxy) is 1. The lowest BCUT2D eigenvalue weighted by Crippen LogP contribution is -2.00. The van der Waals surface area contributed by atoms with Gasteiger partial charge in [0.15, 0.2) is 0 Å². The van der Waals surface area contributed by atoms with E-state index in [1.807, 2.05) is 18.2 Å². The summed E-state index contributed by atoms with van der Waals surface area (Å²) < 4.78 is 6.71. The Morgan fingerprint density at radius 2 is 2.25 bits per heavy atom. The van der Waals surface area contributed by atoms with Crippen LogP contribution in [0.1, 0.15) is 23.3 Å². The number of aromatic nitrogens is 2. The molecule has 0 atom stereocenters. The highest BCUT2D eigenvalue weighted by Gasteiger charge is 2.23. The predicted molar refractivity (Wildman–Crippen MR) is 76.9 cm³/mol. The number of hydrogen-bond acceptors (Lipinski definition) is 3. The van der Waals surface area contributed by atoms with Gasteiger partial charge in [-0.05, 0) is 43.0 Å². The summed E-state index contributed by atoms with van der Waals surface area (Å²) in [6.45, 7) is 0.699. The Balaban J connectivity index is 1.91. The third-order valence-electron chi connectivity index (χ3n) is 3.20. The van der Waals surface area contributed by atoms with E-state index >= 15 is 0 Å². The van der Waals surface area contributed by atoms with Crippen molar-refractivity contribution in [3.8, 4) is 17.0 Å². The number of rotatable bonds is 5. The highest BCUT2D eigenvalue weighted by molar-refractivity contribution is 9.10. The van der Waals surface area contributed by atoms with E-state index in [-0.39, 0.29) is 5.69 Å². The number of nitrogens with zero attached hydrogens (tertiary/aromatic N) is 1. The molecule has 1 aromatic heterocycles. The van der Waals surface area contributed by atoms with Crippen LogP contribution in [0.15, 0.2) is 28.7 Å². The van der Waals surface area contributed by atoms with Crippen molar-refractivity contribution in [2.45, 2.75) is 12.8 Å². The first-order chi connectivity index (χ1) is 9.63. The van der Waals surface area contributed by atoms with Gasteiger partial charge >= 0.3 is 5.97 Å². The summed E-state index contributed by atoms with van der Waals surface area (Å²) in [4.78, 5) is 10.9. The molecule has 1 fully saturated rings. The second-order valence-electron chi connectivity index (χ2n) is 4.87. The number of hydrogen-bond donors (Lipinski definition) is 2. The van der Waals surface area contributed by atoms with Gasteiger partial charge in [-0.3, -0.25) is 5.10 Å². The van der Waals surface area contributed by atoms with Crippen molar-refractivity contribution in [2.24, 2.45) is 5.92 Å². The minimum Gasteiger partial charge on any atom is -0.493 e. The van der Waals surface area contributed by atoms with Crippen LogP contribution < -0.4 is 4.74 Å². The minimum atomic E-state index is -1.03. The number of carboxylic acid groups (broad SMARTS) is 1. The average molecular weight is 337 g/mol. The van der Waals surface area contributed by atoms with Crippen LogP contribution in [0.25, 0.3) is 11.3 Å². The molecule has 6 heteroatoms. The molecule has 0 bridgehead atoms. The molecule has 1 aromatic carbocycles. The van der Waals surface area contributed by atoms with E-state index in [1.165, 1.54) is 18.9 Å². The first kappa shape index (κ1) is 13.2. The molecule has 20 heavy (non-hydrogen) atoms. The average Bonchev–Trinajstić information content (AvgIpc) is 3.11. The second-order valence-corrected chi connectivity index (χ2v) is 5.78. The highest BCUT2D eigenvalue weighted by Crippen LogP contribution is 2.35. The summed E-state index contributed by atoms with van der Waals surface area (Å²) in [7, 11) is 0. The van der Waals surface area contributed by atoms with Crippen LogP contribution in [-0.4, -0.2) is 27.9 Å². The molecule has 0 aliphatic heterocycles. The fraction of sp³-hybridized carbons (Fsp3) is 0.286. The van der Waals surface area contributed by atoms with E-state index < -0.39 is 5.97 Å². The lowest BCUT2D eigenvalue weighted by molar-refractivity contribution is 0.0690. The Hall–Kier alpha value is -1.82. The maximum absolute atomic E-state index is 10.9. The van der Waals surface area contributed by atoms with Crippen LogP contribution in [0.5, 0.6) is 5.75 Å². The van der Waals surface area contributed by atoms with Gasteiger partial charge in [0.25, 0.3) is 0 Å². The van der Waals surface area contributed by atoms with Gasteiger partial charge in [-0.1, -0.05) is 15.9 Å². The SMILES string of the molecule is O=C(O)c1cc(-c2cc(Br)ccc2OCC2CC2)n[nH]1. The number of halogens is 1. The zero-order valence-corrected chi connectivity index (χ0v) is 12.2. The van der Waals surface area contributed by atoms with Crippen LogP contribution in [0.3, 0.4) is 0 Å². The van der Waals surface area contributed by atoms with Gasteiger partial charge in [0.1, 0.15) is 11.4 Å². The van der Waals surface area contributed by atoms with Crippen molar-refractivity contribution in [3.05, 3.63) is 34.4 Å². The lowest BCUT2D eigenvalue weighted by atomic mass is 10.1. The van der Waals surface area contributed by atoms with E-state index in [2.05, 4.69) is 26.1 Å². The van der Waals surface area contributed by atoms with Gasteiger partial charge in [0.05, 0.1) is 12.3 Å². The summed E-state index contributed by atoms with van der Waals surface area (Å²) in [6, 6.07) is 7.16. The fourth-order valence-corrected chi connectivity index (χ4v) is 2.25. The third-order valence-corrected chi connectivity index (χ3v) is 3.69. The smallest absolute Gasteiger partial charge is 0.353 e. The molecule has 2 aromatic rings. The molecule has 5 nitrogen and oxygen atoms in total. The molecule has 0 amide bonds. The topological polar surface area (TPSA) is 75.2 Å². The quantitative estimate of drug-likeness (QED) is 0.878. The maximum atomic E-state index is 10.9. The molecule has 0 unspecified atom stereocenters. The molecule has 1 saturated carbocycles. The van der Waals surface area contributed by atoms with Crippen LogP contribution >= 0.6 is 15.9 Å². The molecule has 3 rings (SSSR count). The zero-order chi connectivity index (χ0) is 14.1. The Morgan fingerprint density at radius 3 is 2.90 bits per heavy atom. The molecule has 2 N–H and O–H groups in total. The Morgan fingerprint density at radius 1 is 1.45 bits per heavy atom. The van der Waals surface area contributed by atoms with Gasteiger partial charge in [-0.15, -0.1) is 0 Å². The van der Waals surface area contributed by atoms with Gasteiger partial charge < -0.3 is 9.84 Å². The van der Waals surface area contributed by atoms with Crippen molar-refractivity contribution >= 4 is 21.9 Å². The van der Waals surface area contributed by atoms with E-state index in [1.54, 1.807) is 0 Å². The molecular formula is C14H13BrN2O3. The summed E-state index contributed by atoms with van der Waals surface area (Å²) in [5, 5.41) is 15.5. The summed E-state index contributed by atoms with van der Waals surface area (Å²) in [6.07, 6.45) is 2.44. The van der Waals surface area contributed by atoms with Crippen LogP contribution in [0, 0.1) is 5.92 Å². The van der Waals surface area contributed by atoms with Gasteiger partial charge in [0.2, 0.25) is 0 Å². The number of aromatic amines is 1. The van der Waals surface area contributed by atoms with E-state index in [9.17, 15) is 4.79 Å². The maximum Gasteiger partial charge on any atom is 0.353 e. The molecule has 1 aliphatic rings. The van der Waals surface area contributed by atoms with Gasteiger partial charge in [-0.2, -0.15) is 5.10 Å². The van der Waals surface area contributed by atoms with Crippen LogP contribution in [-0.2, 0) is 0 Å². The summed E-state index contributed by atoms with van der Waals surface area (Å²) in [5.74, 6) is 0.350. The molecule has 0 radical (unpaired) electrons. The normalized spacial score (nSPS) is 14.2. The van der Waals surface area contributed by atoms with Crippen molar-refractivity contribution < 1.29 is 14.6 Å². The number of carbonyl (C=O) groups is 1.